The number of nitrogens with zero attached hydrogens (tertiary/aromatic N) is 2. The van der Waals surface area contributed by atoms with E-state index in [9.17, 15) is 4.79 Å². The molecule has 0 atom stereocenters. The molecule has 24 heavy (non-hydrogen) atoms. The molecular weight excluding hydrogens is 306 g/mol. The van der Waals surface area contributed by atoms with Crippen molar-refractivity contribution in [3.8, 4) is 22.8 Å². The largest absolute Gasteiger partial charge is 0.476 e. The normalized spacial score (nSPS) is 10.8. The lowest BCUT2D eigenvalue weighted by Gasteiger charge is -2.09. The number of ether oxygens (including phenoxy) is 1. The van der Waals surface area contributed by atoms with Crippen LogP contribution in [0.3, 0.4) is 0 Å². The van der Waals surface area contributed by atoms with Crippen LogP contribution in [-0.4, -0.2) is 26.5 Å². The maximum Gasteiger partial charge on any atom is 0.362 e. The van der Waals surface area contributed by atoms with E-state index in [1.807, 2.05) is 18.2 Å². The van der Waals surface area contributed by atoms with Crippen molar-refractivity contribution in [1.29, 1.82) is 0 Å². The van der Waals surface area contributed by atoms with Crippen LogP contribution in [0.1, 0.15) is 35.8 Å². The lowest BCUT2D eigenvalue weighted by Crippen LogP contribution is -1.99. The van der Waals surface area contributed by atoms with Gasteiger partial charge in [0.1, 0.15) is 5.75 Å². The van der Waals surface area contributed by atoms with Crippen LogP contribution in [0.4, 0.5) is 0 Å². The van der Waals surface area contributed by atoms with E-state index in [4.69, 9.17) is 9.84 Å². The van der Waals surface area contributed by atoms with E-state index in [0.717, 1.165) is 11.1 Å². The molecule has 2 N–H and O–H groups in total. The molecule has 0 aliphatic rings. The minimum absolute atomic E-state index is 0.00908. The molecule has 3 aromatic rings. The van der Waals surface area contributed by atoms with Gasteiger partial charge in [-0.15, -0.1) is 5.10 Å². The first-order valence-corrected chi connectivity index (χ1v) is 7.57. The van der Waals surface area contributed by atoms with Crippen LogP contribution in [0.25, 0.3) is 11.1 Å². The zero-order valence-corrected chi connectivity index (χ0v) is 13.4. The van der Waals surface area contributed by atoms with Crippen molar-refractivity contribution < 1.29 is 14.6 Å². The van der Waals surface area contributed by atoms with Gasteiger partial charge in [-0.2, -0.15) is 0 Å². The van der Waals surface area contributed by atoms with Crippen LogP contribution in [-0.2, 0) is 0 Å². The molecule has 1 aromatic heterocycles. The number of carboxylic acid groups (broad SMARTS) is 1. The molecule has 0 aliphatic carbocycles. The Balaban J connectivity index is 1.86. The summed E-state index contributed by atoms with van der Waals surface area (Å²) in [6.45, 7) is 4.31. The first-order chi connectivity index (χ1) is 11.5. The molecular formula is C18H17N3O3. The van der Waals surface area contributed by atoms with Gasteiger partial charge >= 0.3 is 5.97 Å². The summed E-state index contributed by atoms with van der Waals surface area (Å²) in [4.78, 5) is 11.0. The molecule has 1 heterocycles. The number of aromatic carboxylic acids is 1. The summed E-state index contributed by atoms with van der Waals surface area (Å²) >= 11 is 0. The van der Waals surface area contributed by atoms with E-state index in [1.165, 1.54) is 5.56 Å². The molecule has 2 aromatic carbocycles. The van der Waals surface area contributed by atoms with Crippen molar-refractivity contribution in [2.24, 2.45) is 0 Å². The van der Waals surface area contributed by atoms with Crippen molar-refractivity contribution in [3.05, 3.63) is 59.8 Å². The third-order valence-electron chi connectivity index (χ3n) is 3.68. The molecule has 0 fully saturated rings. The predicted octanol–water partition coefficient (Wildman–Crippen LogP) is 4.09. The van der Waals surface area contributed by atoms with Crippen LogP contribution in [0.5, 0.6) is 11.6 Å². The molecule has 6 nitrogen and oxygen atoms in total. The number of aromatic amines is 1. The Hall–Kier alpha value is -3.15. The SMILES string of the molecule is CC(C)c1ccc(-c2cccc(Oc3[nH]nnc3C(=O)O)c2)cc1. The van der Waals surface area contributed by atoms with E-state index < -0.39 is 5.97 Å². The van der Waals surface area contributed by atoms with Crippen molar-refractivity contribution >= 4 is 5.97 Å². The van der Waals surface area contributed by atoms with Crippen LogP contribution in [0.15, 0.2) is 48.5 Å². The second-order valence-corrected chi connectivity index (χ2v) is 5.70. The average Bonchev–Trinajstić information content (AvgIpc) is 3.03. The van der Waals surface area contributed by atoms with Crippen molar-refractivity contribution in [1.82, 2.24) is 15.4 Å². The number of rotatable bonds is 5. The third kappa shape index (κ3) is 3.27. The van der Waals surface area contributed by atoms with E-state index >= 15 is 0 Å². The quantitative estimate of drug-likeness (QED) is 0.738. The smallest absolute Gasteiger partial charge is 0.362 e. The summed E-state index contributed by atoms with van der Waals surface area (Å²) in [5, 5.41) is 18.4. The maximum absolute atomic E-state index is 11.0. The molecule has 0 amide bonds. The van der Waals surface area contributed by atoms with Crippen molar-refractivity contribution in [3.63, 3.8) is 0 Å². The van der Waals surface area contributed by atoms with E-state index in [1.54, 1.807) is 6.07 Å². The van der Waals surface area contributed by atoms with Gasteiger partial charge in [0.15, 0.2) is 0 Å². The van der Waals surface area contributed by atoms with E-state index in [0.29, 0.717) is 11.7 Å². The fourth-order valence-electron chi connectivity index (χ4n) is 2.35. The topological polar surface area (TPSA) is 88.1 Å². The number of H-pyrrole nitrogens is 1. The molecule has 0 saturated heterocycles. The second kappa shape index (κ2) is 6.54. The highest BCUT2D eigenvalue weighted by Crippen LogP contribution is 2.28. The zero-order valence-electron chi connectivity index (χ0n) is 13.4. The second-order valence-electron chi connectivity index (χ2n) is 5.70. The van der Waals surface area contributed by atoms with Gasteiger partial charge in [0, 0.05) is 0 Å². The Labute approximate surface area is 139 Å². The summed E-state index contributed by atoms with van der Waals surface area (Å²) < 4.78 is 5.57. The first kappa shape index (κ1) is 15.7. The number of nitrogens with one attached hydrogen (secondary N) is 1. The minimum Gasteiger partial charge on any atom is -0.476 e. The summed E-state index contributed by atoms with van der Waals surface area (Å²) in [6.07, 6.45) is 0. The number of hydrogen-bond donors (Lipinski definition) is 2. The fraction of sp³-hybridized carbons (Fsp3) is 0.167. The molecule has 3 rings (SSSR count). The Kier molecular flexibility index (Phi) is 4.29. The zero-order chi connectivity index (χ0) is 17.1. The lowest BCUT2D eigenvalue weighted by molar-refractivity contribution is 0.0687. The Bertz CT molecular complexity index is 854. The van der Waals surface area contributed by atoms with E-state index in [2.05, 4.69) is 53.5 Å². The van der Waals surface area contributed by atoms with Gasteiger partial charge in [-0.05, 0) is 34.7 Å². The summed E-state index contributed by atoms with van der Waals surface area (Å²) in [5.74, 6) is -0.195. The predicted molar refractivity (Wildman–Crippen MR) is 89.4 cm³/mol. The molecule has 0 aliphatic heterocycles. The van der Waals surface area contributed by atoms with Gasteiger partial charge < -0.3 is 9.84 Å². The van der Waals surface area contributed by atoms with Crippen LogP contribution >= 0.6 is 0 Å². The standard InChI is InChI=1S/C18H17N3O3/c1-11(2)12-6-8-13(9-7-12)14-4-3-5-15(10-14)24-17-16(18(22)23)19-21-20-17/h3-11H,1-2H3,(H,22,23)(H,19,20,21). The molecule has 0 spiro atoms. The third-order valence-corrected chi connectivity index (χ3v) is 3.68. The molecule has 122 valence electrons. The molecule has 0 unspecified atom stereocenters. The first-order valence-electron chi connectivity index (χ1n) is 7.57. The van der Waals surface area contributed by atoms with Crippen LogP contribution in [0.2, 0.25) is 0 Å². The average molecular weight is 323 g/mol. The van der Waals surface area contributed by atoms with Gasteiger partial charge in [-0.1, -0.05) is 55.5 Å². The number of carboxylic acids is 1. The Morgan fingerprint density at radius 2 is 1.88 bits per heavy atom. The highest BCUT2D eigenvalue weighted by molar-refractivity contribution is 5.87. The molecule has 0 saturated carbocycles. The van der Waals surface area contributed by atoms with Gasteiger partial charge in [-0.3, -0.25) is 0 Å². The number of carbonyl (C=O) groups is 1. The summed E-state index contributed by atoms with van der Waals surface area (Å²) in [5.41, 5.74) is 3.07. The van der Waals surface area contributed by atoms with Crippen molar-refractivity contribution in [2.45, 2.75) is 19.8 Å². The van der Waals surface area contributed by atoms with Gasteiger partial charge in [-0.25, -0.2) is 9.89 Å². The number of hydrogen-bond acceptors (Lipinski definition) is 4. The van der Waals surface area contributed by atoms with Gasteiger partial charge in [0.25, 0.3) is 5.88 Å². The van der Waals surface area contributed by atoms with Gasteiger partial charge in [0.2, 0.25) is 5.69 Å². The van der Waals surface area contributed by atoms with E-state index in [-0.39, 0.29) is 11.6 Å². The Morgan fingerprint density at radius 3 is 2.54 bits per heavy atom. The summed E-state index contributed by atoms with van der Waals surface area (Å²) in [7, 11) is 0. The maximum atomic E-state index is 11.0. The van der Waals surface area contributed by atoms with Crippen molar-refractivity contribution in [2.75, 3.05) is 0 Å². The Morgan fingerprint density at radius 1 is 1.12 bits per heavy atom. The molecule has 6 heteroatoms. The van der Waals surface area contributed by atoms with Crippen LogP contribution in [0, 0.1) is 0 Å². The van der Waals surface area contributed by atoms with Crippen LogP contribution < -0.4 is 4.74 Å². The highest BCUT2D eigenvalue weighted by atomic mass is 16.5. The van der Waals surface area contributed by atoms with Gasteiger partial charge in [0.05, 0.1) is 0 Å². The molecule has 0 bridgehead atoms. The lowest BCUT2D eigenvalue weighted by atomic mass is 9.99. The summed E-state index contributed by atoms with van der Waals surface area (Å²) in [6, 6.07) is 15.8. The minimum atomic E-state index is -1.20. The highest BCUT2D eigenvalue weighted by Gasteiger charge is 2.16. The fourth-order valence-corrected chi connectivity index (χ4v) is 2.35. The number of benzene rings is 2. The molecule has 0 radical (unpaired) electrons. The monoisotopic (exact) mass is 323 g/mol. The number of aromatic nitrogens is 3.